The lowest BCUT2D eigenvalue weighted by molar-refractivity contribution is 0.195. The number of rotatable bonds is 5. The largest absolute Gasteiger partial charge is 0.395 e. The second-order valence-corrected chi connectivity index (χ2v) is 5.70. The summed E-state index contributed by atoms with van der Waals surface area (Å²) < 4.78 is 13.1. The van der Waals surface area contributed by atoms with Crippen LogP contribution in [-0.4, -0.2) is 18.3 Å². The Morgan fingerprint density at radius 1 is 1.05 bits per heavy atom. The molecule has 3 heteroatoms. The molecule has 0 aliphatic carbocycles. The van der Waals surface area contributed by atoms with Crippen LogP contribution < -0.4 is 5.73 Å². The minimum Gasteiger partial charge on any atom is -0.395 e. The van der Waals surface area contributed by atoms with Crippen LogP contribution in [-0.2, 0) is 11.8 Å². The van der Waals surface area contributed by atoms with Gasteiger partial charge in [-0.05, 0) is 54.7 Å². The first-order chi connectivity index (χ1) is 10.0. The SMILES string of the molecule is Cc1cccc(C)c1CC(CN)(CO)c1ccc(F)cc1. The first kappa shape index (κ1) is 15.7. The Labute approximate surface area is 125 Å². The number of aryl methyl sites for hydroxylation is 2. The molecule has 2 aromatic carbocycles. The van der Waals surface area contributed by atoms with Crippen LogP contribution in [0.1, 0.15) is 22.3 Å². The molecule has 0 spiro atoms. The lowest BCUT2D eigenvalue weighted by Gasteiger charge is -2.32. The second kappa shape index (κ2) is 6.37. The molecule has 0 heterocycles. The van der Waals surface area contributed by atoms with Crippen LogP contribution in [0.2, 0.25) is 0 Å². The molecule has 0 aliphatic heterocycles. The summed E-state index contributed by atoms with van der Waals surface area (Å²) in [5.41, 5.74) is 9.84. The van der Waals surface area contributed by atoms with Gasteiger partial charge in [0, 0.05) is 12.0 Å². The van der Waals surface area contributed by atoms with Gasteiger partial charge in [0.15, 0.2) is 0 Å². The molecule has 0 aliphatic rings. The number of halogens is 1. The van der Waals surface area contributed by atoms with Gasteiger partial charge in [0.05, 0.1) is 6.61 Å². The molecule has 1 unspecified atom stereocenters. The van der Waals surface area contributed by atoms with Gasteiger partial charge in [0.2, 0.25) is 0 Å². The monoisotopic (exact) mass is 287 g/mol. The summed E-state index contributed by atoms with van der Waals surface area (Å²) in [6.45, 7) is 4.36. The Bertz CT molecular complexity index is 583. The van der Waals surface area contributed by atoms with Gasteiger partial charge in [-0.15, -0.1) is 0 Å². The summed E-state index contributed by atoms with van der Waals surface area (Å²) in [6, 6.07) is 12.4. The zero-order valence-corrected chi connectivity index (χ0v) is 12.6. The van der Waals surface area contributed by atoms with Gasteiger partial charge in [-0.3, -0.25) is 0 Å². The fraction of sp³-hybridized carbons (Fsp3) is 0.333. The van der Waals surface area contributed by atoms with Gasteiger partial charge in [-0.2, -0.15) is 0 Å². The molecule has 2 rings (SSSR count). The number of aliphatic hydroxyl groups is 1. The molecule has 0 aromatic heterocycles. The van der Waals surface area contributed by atoms with Gasteiger partial charge in [0.1, 0.15) is 5.82 Å². The van der Waals surface area contributed by atoms with Crippen LogP contribution in [0.3, 0.4) is 0 Å². The van der Waals surface area contributed by atoms with Crippen molar-refractivity contribution in [2.45, 2.75) is 25.7 Å². The summed E-state index contributed by atoms with van der Waals surface area (Å²) in [6.07, 6.45) is 0.643. The Morgan fingerprint density at radius 2 is 1.62 bits per heavy atom. The average Bonchev–Trinajstić information content (AvgIpc) is 2.49. The van der Waals surface area contributed by atoms with E-state index in [0.29, 0.717) is 13.0 Å². The molecule has 1 atom stereocenters. The molecule has 21 heavy (non-hydrogen) atoms. The normalized spacial score (nSPS) is 14.0. The van der Waals surface area contributed by atoms with Gasteiger partial charge in [-0.1, -0.05) is 30.3 Å². The molecule has 0 bridgehead atoms. The van der Waals surface area contributed by atoms with Crippen molar-refractivity contribution in [1.82, 2.24) is 0 Å². The molecule has 2 nitrogen and oxygen atoms in total. The van der Waals surface area contributed by atoms with Gasteiger partial charge in [0.25, 0.3) is 0 Å². The van der Waals surface area contributed by atoms with Crippen molar-refractivity contribution < 1.29 is 9.50 Å². The first-order valence-corrected chi connectivity index (χ1v) is 7.14. The van der Waals surface area contributed by atoms with E-state index in [2.05, 4.69) is 26.0 Å². The lowest BCUT2D eigenvalue weighted by Crippen LogP contribution is -2.41. The molecular formula is C18H22FNO. The number of hydrogen-bond acceptors (Lipinski definition) is 2. The maximum absolute atomic E-state index is 13.1. The standard InChI is InChI=1S/C18H22FNO/c1-13-4-3-5-14(2)17(13)10-18(11-20,12-21)15-6-8-16(19)9-7-15/h3-9,21H,10-12,20H2,1-2H3. The topological polar surface area (TPSA) is 46.2 Å². The Kier molecular flexibility index (Phi) is 4.76. The molecule has 0 saturated carbocycles. The maximum Gasteiger partial charge on any atom is 0.123 e. The minimum atomic E-state index is -0.579. The van der Waals surface area contributed by atoms with Crippen LogP contribution in [0.25, 0.3) is 0 Å². The summed E-state index contributed by atoms with van der Waals surface area (Å²) in [4.78, 5) is 0. The van der Waals surface area contributed by atoms with Crippen molar-refractivity contribution >= 4 is 0 Å². The smallest absolute Gasteiger partial charge is 0.123 e. The third kappa shape index (κ3) is 3.14. The van der Waals surface area contributed by atoms with Crippen molar-refractivity contribution in [2.24, 2.45) is 5.73 Å². The van der Waals surface area contributed by atoms with Crippen LogP contribution in [0, 0.1) is 19.7 Å². The van der Waals surface area contributed by atoms with Gasteiger partial charge < -0.3 is 10.8 Å². The van der Waals surface area contributed by atoms with Gasteiger partial charge >= 0.3 is 0 Å². The predicted molar refractivity (Wildman–Crippen MR) is 83.8 cm³/mol. The number of aliphatic hydroxyl groups excluding tert-OH is 1. The lowest BCUT2D eigenvalue weighted by atomic mass is 9.74. The third-order valence-electron chi connectivity index (χ3n) is 4.31. The van der Waals surface area contributed by atoms with E-state index in [1.165, 1.54) is 28.8 Å². The zero-order chi connectivity index (χ0) is 15.5. The van der Waals surface area contributed by atoms with E-state index in [0.717, 1.165) is 5.56 Å². The molecule has 3 N–H and O–H groups in total. The highest BCUT2D eigenvalue weighted by Crippen LogP contribution is 2.30. The summed E-state index contributed by atoms with van der Waals surface area (Å²) in [7, 11) is 0. The molecule has 0 fully saturated rings. The highest BCUT2D eigenvalue weighted by atomic mass is 19.1. The fourth-order valence-corrected chi connectivity index (χ4v) is 2.77. The molecule has 0 amide bonds. The number of benzene rings is 2. The van der Waals surface area contributed by atoms with Crippen LogP contribution >= 0.6 is 0 Å². The average molecular weight is 287 g/mol. The summed E-state index contributed by atoms with van der Waals surface area (Å²) in [5.74, 6) is -0.283. The van der Waals surface area contributed by atoms with Crippen molar-refractivity contribution in [2.75, 3.05) is 13.2 Å². The molecule has 2 aromatic rings. The third-order valence-corrected chi connectivity index (χ3v) is 4.31. The first-order valence-electron chi connectivity index (χ1n) is 7.14. The summed E-state index contributed by atoms with van der Waals surface area (Å²) in [5, 5.41) is 9.97. The highest BCUT2D eigenvalue weighted by molar-refractivity contribution is 5.38. The maximum atomic E-state index is 13.1. The molecule has 0 saturated heterocycles. The van der Waals surface area contributed by atoms with E-state index in [1.54, 1.807) is 12.1 Å². The van der Waals surface area contributed by atoms with Crippen LogP contribution in [0.15, 0.2) is 42.5 Å². The van der Waals surface area contributed by atoms with Crippen molar-refractivity contribution in [3.63, 3.8) is 0 Å². The quantitative estimate of drug-likeness (QED) is 0.888. The molecular weight excluding hydrogens is 265 g/mol. The van der Waals surface area contributed by atoms with Gasteiger partial charge in [-0.25, -0.2) is 4.39 Å². The fourth-order valence-electron chi connectivity index (χ4n) is 2.77. The molecule has 0 radical (unpaired) electrons. The van der Waals surface area contributed by atoms with E-state index in [9.17, 15) is 9.50 Å². The number of nitrogens with two attached hydrogens (primary N) is 1. The van der Waals surface area contributed by atoms with E-state index < -0.39 is 5.41 Å². The summed E-state index contributed by atoms with van der Waals surface area (Å²) >= 11 is 0. The van der Waals surface area contributed by atoms with E-state index in [1.807, 2.05) is 6.07 Å². The van der Waals surface area contributed by atoms with Crippen molar-refractivity contribution in [3.05, 3.63) is 70.5 Å². The molecule has 112 valence electrons. The minimum absolute atomic E-state index is 0.0666. The Hall–Kier alpha value is -1.71. The van der Waals surface area contributed by atoms with E-state index >= 15 is 0 Å². The Balaban J connectivity index is 2.45. The Morgan fingerprint density at radius 3 is 2.10 bits per heavy atom. The number of hydrogen-bond donors (Lipinski definition) is 2. The van der Waals surface area contributed by atoms with Crippen LogP contribution in [0.4, 0.5) is 4.39 Å². The van der Waals surface area contributed by atoms with Crippen molar-refractivity contribution in [1.29, 1.82) is 0 Å². The second-order valence-electron chi connectivity index (χ2n) is 5.70. The van der Waals surface area contributed by atoms with Crippen LogP contribution in [0.5, 0.6) is 0 Å². The van der Waals surface area contributed by atoms with E-state index in [4.69, 9.17) is 5.73 Å². The zero-order valence-electron chi connectivity index (χ0n) is 12.6. The predicted octanol–water partition coefficient (Wildman–Crippen LogP) is 2.87. The highest BCUT2D eigenvalue weighted by Gasteiger charge is 2.31. The van der Waals surface area contributed by atoms with Crippen molar-refractivity contribution in [3.8, 4) is 0 Å². The van der Waals surface area contributed by atoms with E-state index in [-0.39, 0.29) is 12.4 Å².